The normalized spacial score (nSPS) is 13.9. The molecule has 0 aliphatic heterocycles. The van der Waals surface area contributed by atoms with Crippen molar-refractivity contribution >= 4 is 6.29 Å². The van der Waals surface area contributed by atoms with E-state index in [2.05, 4.69) is 39.7 Å². The first kappa shape index (κ1) is 12.0. The molecule has 1 aromatic heterocycles. The first-order chi connectivity index (χ1) is 6.90. The van der Waals surface area contributed by atoms with Gasteiger partial charge in [-0.15, -0.1) is 0 Å². The van der Waals surface area contributed by atoms with Crippen LogP contribution in [-0.4, -0.2) is 16.1 Å². The van der Waals surface area contributed by atoms with E-state index in [9.17, 15) is 4.79 Å². The van der Waals surface area contributed by atoms with E-state index in [-0.39, 0.29) is 5.41 Å². The summed E-state index contributed by atoms with van der Waals surface area (Å²) >= 11 is 0. The van der Waals surface area contributed by atoms with E-state index >= 15 is 0 Å². The Morgan fingerprint density at radius 1 is 1.53 bits per heavy atom. The van der Waals surface area contributed by atoms with Crippen molar-refractivity contribution in [3.8, 4) is 0 Å². The molecule has 0 unspecified atom stereocenters. The van der Waals surface area contributed by atoms with E-state index in [0.717, 1.165) is 18.4 Å². The third kappa shape index (κ3) is 2.46. The van der Waals surface area contributed by atoms with Crippen LogP contribution in [0.1, 0.15) is 63.1 Å². The van der Waals surface area contributed by atoms with Gasteiger partial charge in [-0.25, -0.2) is 0 Å². The third-order valence-electron chi connectivity index (χ3n) is 2.64. The minimum atomic E-state index is -0.0744. The lowest BCUT2D eigenvalue weighted by Gasteiger charge is -2.16. The van der Waals surface area contributed by atoms with Crippen LogP contribution in [0.5, 0.6) is 0 Å². The Morgan fingerprint density at radius 3 is 2.47 bits per heavy atom. The maximum Gasteiger partial charge on any atom is 0.153 e. The number of aldehydes is 1. The van der Waals surface area contributed by atoms with Crippen LogP contribution in [0.25, 0.3) is 0 Å². The van der Waals surface area contributed by atoms with E-state index in [1.807, 2.05) is 10.9 Å². The summed E-state index contributed by atoms with van der Waals surface area (Å²) in [6.45, 7) is 10.4. The van der Waals surface area contributed by atoms with Gasteiger partial charge in [-0.2, -0.15) is 5.10 Å². The Morgan fingerprint density at radius 2 is 2.13 bits per heavy atom. The maximum absolute atomic E-state index is 10.9. The summed E-state index contributed by atoms with van der Waals surface area (Å²) in [6, 6.07) is 0.347. The molecule has 0 aromatic carbocycles. The number of carbonyl (C=O) groups excluding carboxylic acids is 1. The molecule has 0 radical (unpaired) electrons. The number of aromatic nitrogens is 2. The molecule has 0 N–H and O–H groups in total. The Kier molecular flexibility index (Phi) is 3.32. The Balaban J connectivity index is 3.17. The van der Waals surface area contributed by atoms with Crippen molar-refractivity contribution in [2.45, 2.75) is 52.5 Å². The van der Waals surface area contributed by atoms with Gasteiger partial charge in [0.1, 0.15) is 0 Å². The summed E-state index contributed by atoms with van der Waals surface area (Å²) in [5.74, 6) is 0. The lowest BCUT2D eigenvalue weighted by atomic mass is 9.90. The lowest BCUT2D eigenvalue weighted by molar-refractivity contribution is 0.112. The largest absolute Gasteiger partial charge is 0.298 e. The molecular formula is C12H20N2O. The van der Waals surface area contributed by atoms with Crippen LogP contribution in [0.3, 0.4) is 0 Å². The van der Waals surface area contributed by atoms with E-state index in [1.54, 1.807) is 0 Å². The summed E-state index contributed by atoms with van der Waals surface area (Å²) in [5, 5.41) is 4.51. The fourth-order valence-corrected chi connectivity index (χ4v) is 1.49. The van der Waals surface area contributed by atoms with Gasteiger partial charge in [0, 0.05) is 17.7 Å². The van der Waals surface area contributed by atoms with Gasteiger partial charge < -0.3 is 0 Å². The van der Waals surface area contributed by atoms with Gasteiger partial charge >= 0.3 is 0 Å². The van der Waals surface area contributed by atoms with Gasteiger partial charge in [-0.1, -0.05) is 27.7 Å². The highest BCUT2D eigenvalue weighted by Crippen LogP contribution is 2.24. The van der Waals surface area contributed by atoms with Gasteiger partial charge in [0.25, 0.3) is 0 Å². The highest BCUT2D eigenvalue weighted by Gasteiger charge is 2.22. The van der Waals surface area contributed by atoms with Crippen LogP contribution in [-0.2, 0) is 5.41 Å². The van der Waals surface area contributed by atoms with E-state index < -0.39 is 0 Å². The van der Waals surface area contributed by atoms with Gasteiger partial charge in [-0.05, 0) is 13.3 Å². The van der Waals surface area contributed by atoms with Crippen LogP contribution in [0, 0.1) is 0 Å². The molecule has 1 atom stereocenters. The van der Waals surface area contributed by atoms with Gasteiger partial charge in [-0.3, -0.25) is 9.48 Å². The van der Waals surface area contributed by atoms with Crippen LogP contribution in [0.15, 0.2) is 6.20 Å². The van der Waals surface area contributed by atoms with Crippen LogP contribution in [0.2, 0.25) is 0 Å². The van der Waals surface area contributed by atoms with Crippen molar-refractivity contribution in [1.82, 2.24) is 9.78 Å². The van der Waals surface area contributed by atoms with Crippen molar-refractivity contribution in [2.24, 2.45) is 0 Å². The second kappa shape index (κ2) is 4.17. The minimum Gasteiger partial charge on any atom is -0.298 e. The molecule has 15 heavy (non-hydrogen) atoms. The molecule has 0 aliphatic carbocycles. The number of hydrogen-bond acceptors (Lipinski definition) is 2. The summed E-state index contributed by atoms with van der Waals surface area (Å²) in [6.07, 6.45) is 3.76. The summed E-state index contributed by atoms with van der Waals surface area (Å²) in [7, 11) is 0. The smallest absolute Gasteiger partial charge is 0.153 e. The van der Waals surface area contributed by atoms with Gasteiger partial charge in [0.05, 0.1) is 11.3 Å². The highest BCUT2D eigenvalue weighted by molar-refractivity contribution is 5.76. The molecule has 3 nitrogen and oxygen atoms in total. The van der Waals surface area contributed by atoms with E-state index in [4.69, 9.17) is 0 Å². The molecule has 0 aliphatic rings. The molecule has 1 rings (SSSR count). The quantitative estimate of drug-likeness (QED) is 0.716. The standard InChI is InChI=1S/C12H20N2O/c1-6-9(2)14-7-10(8-15)11(13-14)12(3,4)5/h7-9H,6H2,1-5H3/t9-/m0/s1. The molecule has 0 spiro atoms. The van der Waals surface area contributed by atoms with Gasteiger partial charge in [0.15, 0.2) is 6.29 Å². The van der Waals surface area contributed by atoms with Crippen molar-refractivity contribution in [3.05, 3.63) is 17.5 Å². The predicted molar refractivity (Wildman–Crippen MR) is 61.3 cm³/mol. The van der Waals surface area contributed by atoms with Crippen LogP contribution in [0.4, 0.5) is 0 Å². The Hall–Kier alpha value is -1.12. The zero-order chi connectivity index (χ0) is 11.6. The Labute approximate surface area is 91.5 Å². The second-order valence-corrected chi connectivity index (χ2v) is 5.04. The first-order valence-corrected chi connectivity index (χ1v) is 5.45. The SMILES string of the molecule is CC[C@H](C)n1cc(C=O)c(C(C)(C)C)n1. The molecule has 84 valence electrons. The van der Waals surface area contributed by atoms with Crippen molar-refractivity contribution < 1.29 is 4.79 Å². The van der Waals surface area contributed by atoms with Crippen LogP contribution >= 0.6 is 0 Å². The Bertz CT molecular complexity index is 347. The van der Waals surface area contributed by atoms with E-state index in [0.29, 0.717) is 11.6 Å². The molecule has 0 saturated heterocycles. The predicted octanol–water partition coefficient (Wildman–Crippen LogP) is 2.96. The number of rotatable bonds is 3. The number of nitrogens with zero attached hydrogens (tertiary/aromatic N) is 2. The summed E-state index contributed by atoms with van der Waals surface area (Å²) < 4.78 is 1.89. The van der Waals surface area contributed by atoms with Gasteiger partial charge in [0.2, 0.25) is 0 Å². The lowest BCUT2D eigenvalue weighted by Crippen LogP contribution is -2.15. The molecule has 0 bridgehead atoms. The fraction of sp³-hybridized carbons (Fsp3) is 0.667. The first-order valence-electron chi connectivity index (χ1n) is 5.45. The molecule has 1 aromatic rings. The molecule has 0 amide bonds. The molecule has 0 saturated carbocycles. The summed E-state index contributed by atoms with van der Waals surface area (Å²) in [4.78, 5) is 10.9. The second-order valence-electron chi connectivity index (χ2n) is 5.04. The zero-order valence-electron chi connectivity index (χ0n) is 10.2. The monoisotopic (exact) mass is 208 g/mol. The minimum absolute atomic E-state index is 0.0744. The molecule has 1 heterocycles. The fourth-order valence-electron chi connectivity index (χ4n) is 1.49. The topological polar surface area (TPSA) is 34.9 Å². The molecular weight excluding hydrogens is 188 g/mol. The van der Waals surface area contributed by atoms with Crippen molar-refractivity contribution in [1.29, 1.82) is 0 Å². The van der Waals surface area contributed by atoms with Crippen molar-refractivity contribution in [3.63, 3.8) is 0 Å². The average Bonchev–Trinajstić information content (AvgIpc) is 2.59. The van der Waals surface area contributed by atoms with Crippen LogP contribution < -0.4 is 0 Å². The highest BCUT2D eigenvalue weighted by atomic mass is 16.1. The molecule has 3 heteroatoms. The zero-order valence-corrected chi connectivity index (χ0v) is 10.2. The summed E-state index contributed by atoms with van der Waals surface area (Å²) in [5.41, 5.74) is 1.52. The number of carbonyl (C=O) groups is 1. The maximum atomic E-state index is 10.9. The molecule has 0 fully saturated rings. The average molecular weight is 208 g/mol. The third-order valence-corrected chi connectivity index (χ3v) is 2.64. The van der Waals surface area contributed by atoms with E-state index in [1.165, 1.54) is 0 Å². The number of hydrogen-bond donors (Lipinski definition) is 0. The van der Waals surface area contributed by atoms with Crippen molar-refractivity contribution in [2.75, 3.05) is 0 Å².